The third-order valence-corrected chi connectivity index (χ3v) is 4.52. The summed E-state index contributed by atoms with van der Waals surface area (Å²) in [6, 6.07) is 4.44. The van der Waals surface area contributed by atoms with E-state index in [1.807, 2.05) is 0 Å². The number of alkyl halides is 3. The second kappa shape index (κ2) is 6.20. The normalized spacial score (nSPS) is 21.5. The number of amides is 1. The van der Waals surface area contributed by atoms with Crippen LogP contribution in [-0.4, -0.2) is 41.1 Å². The average Bonchev–Trinajstić information content (AvgIpc) is 2.88. The maximum Gasteiger partial charge on any atom is 0.406 e. The minimum atomic E-state index is -4.92. The quantitative estimate of drug-likeness (QED) is 0.888. The van der Waals surface area contributed by atoms with E-state index in [-0.39, 0.29) is 18.0 Å². The van der Waals surface area contributed by atoms with Gasteiger partial charge in [-0.2, -0.15) is 13.2 Å². The molecule has 0 aliphatic carbocycles. The molecule has 1 aromatic carbocycles. The summed E-state index contributed by atoms with van der Waals surface area (Å²) in [5.74, 6) is -2.58. The molecular formula is C14H12Cl2F3NO3. The maximum atomic E-state index is 13.1. The fraction of sp³-hybridized carbons (Fsp3) is 0.429. The molecule has 4 nitrogen and oxygen atoms in total. The number of nitrogens with zero attached hydrogens (tertiary/aromatic N) is 1. The van der Waals surface area contributed by atoms with Crippen molar-refractivity contribution in [3.8, 4) is 0 Å². The summed E-state index contributed by atoms with van der Waals surface area (Å²) in [6.45, 7) is -1.16. The maximum absolute atomic E-state index is 13.1. The molecule has 1 aliphatic heterocycles. The number of halogens is 5. The standard InChI is InChI=1S/C14H12Cl2F3NO3/c15-9-2-1-8(10(16)6-9)5-11(21)20-4-3-13(7-20,12(22)23)14(17,18)19/h1-2,6H,3-5,7H2,(H,22,23). The molecule has 1 amide bonds. The van der Waals surface area contributed by atoms with Gasteiger partial charge in [-0.15, -0.1) is 0 Å². The predicted octanol–water partition coefficient (Wildman–Crippen LogP) is 3.40. The molecule has 0 aromatic heterocycles. The third kappa shape index (κ3) is 3.40. The number of benzene rings is 1. The van der Waals surface area contributed by atoms with Gasteiger partial charge in [-0.25, -0.2) is 0 Å². The Balaban J connectivity index is 2.15. The lowest BCUT2D eigenvalue weighted by Gasteiger charge is -2.27. The van der Waals surface area contributed by atoms with Crippen molar-refractivity contribution in [2.75, 3.05) is 13.1 Å². The summed E-state index contributed by atoms with van der Waals surface area (Å²) in [4.78, 5) is 24.2. The first kappa shape index (κ1) is 17.9. The van der Waals surface area contributed by atoms with Gasteiger partial charge in [-0.05, 0) is 24.1 Å². The molecule has 1 fully saturated rings. The zero-order chi connectivity index (χ0) is 17.4. The van der Waals surface area contributed by atoms with Crippen molar-refractivity contribution < 1.29 is 27.9 Å². The van der Waals surface area contributed by atoms with Gasteiger partial charge in [0.05, 0.1) is 6.42 Å². The molecule has 1 aliphatic rings. The van der Waals surface area contributed by atoms with Crippen LogP contribution in [0.2, 0.25) is 10.0 Å². The van der Waals surface area contributed by atoms with Gasteiger partial charge in [0.25, 0.3) is 0 Å². The summed E-state index contributed by atoms with van der Waals surface area (Å²) in [5.41, 5.74) is -2.49. The summed E-state index contributed by atoms with van der Waals surface area (Å²) in [5, 5.41) is 9.57. The third-order valence-electron chi connectivity index (χ3n) is 3.93. The van der Waals surface area contributed by atoms with E-state index >= 15 is 0 Å². The van der Waals surface area contributed by atoms with Gasteiger partial charge in [0.15, 0.2) is 5.41 Å². The Labute approximate surface area is 139 Å². The van der Waals surface area contributed by atoms with Crippen LogP contribution in [0, 0.1) is 5.41 Å². The van der Waals surface area contributed by atoms with Crippen molar-refractivity contribution in [2.45, 2.75) is 19.0 Å². The molecular weight excluding hydrogens is 358 g/mol. The van der Waals surface area contributed by atoms with Crippen LogP contribution >= 0.6 is 23.2 Å². The second-order valence-corrected chi connectivity index (χ2v) is 6.21. The molecule has 1 unspecified atom stereocenters. The van der Waals surface area contributed by atoms with Crippen molar-refractivity contribution in [1.29, 1.82) is 0 Å². The zero-order valence-electron chi connectivity index (χ0n) is 11.7. The number of carbonyl (C=O) groups is 2. The lowest BCUT2D eigenvalue weighted by molar-refractivity contribution is -0.227. The minimum Gasteiger partial charge on any atom is -0.481 e. The lowest BCUT2D eigenvalue weighted by Crippen LogP contribution is -2.47. The number of hydrogen-bond acceptors (Lipinski definition) is 2. The SMILES string of the molecule is O=C(Cc1ccc(Cl)cc1Cl)N1CCC(C(=O)O)(C(F)(F)F)C1. The number of rotatable bonds is 3. The van der Waals surface area contributed by atoms with Crippen LogP contribution < -0.4 is 0 Å². The Morgan fingerprint density at radius 3 is 2.43 bits per heavy atom. The van der Waals surface area contributed by atoms with Gasteiger partial charge in [0.1, 0.15) is 0 Å². The highest BCUT2D eigenvalue weighted by Crippen LogP contribution is 2.45. The van der Waals surface area contributed by atoms with Crippen molar-refractivity contribution in [3.05, 3.63) is 33.8 Å². The number of aliphatic carboxylic acids is 1. The first-order valence-electron chi connectivity index (χ1n) is 6.59. The average molecular weight is 370 g/mol. The number of carboxylic acid groups (broad SMARTS) is 1. The van der Waals surface area contributed by atoms with Crippen LogP contribution in [0.1, 0.15) is 12.0 Å². The first-order valence-corrected chi connectivity index (χ1v) is 7.34. The monoisotopic (exact) mass is 369 g/mol. The molecule has 0 radical (unpaired) electrons. The van der Waals surface area contributed by atoms with Crippen molar-refractivity contribution in [1.82, 2.24) is 4.90 Å². The van der Waals surface area contributed by atoms with Crippen LogP contribution in [-0.2, 0) is 16.0 Å². The van der Waals surface area contributed by atoms with Gasteiger partial charge in [0, 0.05) is 23.1 Å². The van der Waals surface area contributed by atoms with Crippen molar-refractivity contribution >= 4 is 35.1 Å². The molecule has 1 atom stereocenters. The van der Waals surface area contributed by atoms with Gasteiger partial charge < -0.3 is 10.0 Å². The summed E-state index contributed by atoms with van der Waals surface area (Å²) < 4.78 is 39.3. The molecule has 1 N–H and O–H groups in total. The van der Waals surface area contributed by atoms with E-state index in [0.717, 1.165) is 4.90 Å². The predicted molar refractivity (Wildman–Crippen MR) is 77.5 cm³/mol. The highest BCUT2D eigenvalue weighted by atomic mass is 35.5. The Hall–Kier alpha value is -1.47. The number of carboxylic acids is 1. The van der Waals surface area contributed by atoms with Crippen LogP contribution in [0.3, 0.4) is 0 Å². The summed E-state index contributed by atoms with van der Waals surface area (Å²) in [7, 11) is 0. The lowest BCUT2D eigenvalue weighted by atomic mass is 9.86. The van der Waals surface area contributed by atoms with Crippen LogP contribution in [0.25, 0.3) is 0 Å². The van der Waals surface area contributed by atoms with E-state index in [1.54, 1.807) is 0 Å². The molecule has 0 saturated carbocycles. The first-order chi connectivity index (χ1) is 10.6. The Bertz CT molecular complexity index is 651. The minimum absolute atomic E-state index is 0.219. The van der Waals surface area contributed by atoms with Gasteiger partial charge in [-0.1, -0.05) is 29.3 Å². The van der Waals surface area contributed by atoms with Gasteiger partial charge in [0.2, 0.25) is 5.91 Å². The van der Waals surface area contributed by atoms with Gasteiger partial charge >= 0.3 is 12.1 Å². The van der Waals surface area contributed by atoms with E-state index in [1.165, 1.54) is 18.2 Å². The highest BCUT2D eigenvalue weighted by molar-refractivity contribution is 6.35. The van der Waals surface area contributed by atoms with Crippen LogP contribution in [0.5, 0.6) is 0 Å². The molecule has 0 bridgehead atoms. The molecule has 1 saturated heterocycles. The Morgan fingerprint density at radius 1 is 1.30 bits per heavy atom. The summed E-state index contributed by atoms with van der Waals surface area (Å²) in [6.07, 6.45) is -5.80. The molecule has 1 aromatic rings. The highest BCUT2D eigenvalue weighted by Gasteiger charge is 2.64. The van der Waals surface area contributed by atoms with Crippen LogP contribution in [0.4, 0.5) is 13.2 Å². The van der Waals surface area contributed by atoms with E-state index in [2.05, 4.69) is 0 Å². The zero-order valence-corrected chi connectivity index (χ0v) is 13.2. The number of likely N-dealkylation sites (tertiary alicyclic amines) is 1. The van der Waals surface area contributed by atoms with E-state index in [9.17, 15) is 22.8 Å². The molecule has 0 spiro atoms. The number of hydrogen-bond donors (Lipinski definition) is 1. The van der Waals surface area contributed by atoms with Crippen molar-refractivity contribution in [2.24, 2.45) is 5.41 Å². The van der Waals surface area contributed by atoms with E-state index < -0.39 is 36.4 Å². The second-order valence-electron chi connectivity index (χ2n) is 5.36. The summed E-state index contributed by atoms with van der Waals surface area (Å²) >= 11 is 11.7. The van der Waals surface area contributed by atoms with E-state index in [4.69, 9.17) is 28.3 Å². The largest absolute Gasteiger partial charge is 0.481 e. The Morgan fingerprint density at radius 2 is 1.96 bits per heavy atom. The fourth-order valence-corrected chi connectivity index (χ4v) is 2.96. The van der Waals surface area contributed by atoms with E-state index in [0.29, 0.717) is 10.6 Å². The molecule has 23 heavy (non-hydrogen) atoms. The van der Waals surface area contributed by atoms with Crippen molar-refractivity contribution in [3.63, 3.8) is 0 Å². The molecule has 9 heteroatoms. The molecule has 2 rings (SSSR count). The Kier molecular flexibility index (Phi) is 4.82. The molecule has 1 heterocycles. The fourth-order valence-electron chi connectivity index (χ4n) is 2.49. The van der Waals surface area contributed by atoms with Crippen LogP contribution in [0.15, 0.2) is 18.2 Å². The number of carbonyl (C=O) groups excluding carboxylic acids is 1. The van der Waals surface area contributed by atoms with Gasteiger partial charge in [-0.3, -0.25) is 9.59 Å². The topological polar surface area (TPSA) is 57.6 Å². The smallest absolute Gasteiger partial charge is 0.406 e. The molecule has 126 valence electrons.